The molecule has 0 unspecified atom stereocenters. The molecule has 0 aliphatic carbocycles. The Morgan fingerprint density at radius 2 is 1.88 bits per heavy atom. The summed E-state index contributed by atoms with van der Waals surface area (Å²) in [6.07, 6.45) is 1.73. The molecule has 0 bridgehead atoms. The second kappa shape index (κ2) is 8.34. The SMILES string of the molecule is Cc1csc(NN=Cc2ccc(OCc3c(Cl)cccc3Cl)cc2)n1. The predicted octanol–water partition coefficient (Wildman–Crippen LogP) is 5.78. The minimum Gasteiger partial charge on any atom is -0.489 e. The number of rotatable bonds is 6. The summed E-state index contributed by atoms with van der Waals surface area (Å²) in [4.78, 5) is 4.28. The minimum atomic E-state index is 0.316. The van der Waals surface area contributed by atoms with E-state index in [0.717, 1.165) is 27.7 Å². The Morgan fingerprint density at radius 3 is 2.52 bits per heavy atom. The molecule has 0 aliphatic rings. The van der Waals surface area contributed by atoms with Gasteiger partial charge in [-0.05, 0) is 48.9 Å². The third-order valence-electron chi connectivity index (χ3n) is 3.32. The molecule has 1 aromatic heterocycles. The van der Waals surface area contributed by atoms with Gasteiger partial charge in [-0.1, -0.05) is 29.3 Å². The Morgan fingerprint density at radius 1 is 1.16 bits per heavy atom. The van der Waals surface area contributed by atoms with Crippen LogP contribution in [0, 0.1) is 6.92 Å². The maximum Gasteiger partial charge on any atom is 0.203 e. The molecule has 0 amide bonds. The van der Waals surface area contributed by atoms with Gasteiger partial charge in [-0.15, -0.1) is 11.3 Å². The summed E-state index contributed by atoms with van der Waals surface area (Å²) < 4.78 is 5.75. The molecule has 3 rings (SSSR count). The van der Waals surface area contributed by atoms with Gasteiger partial charge in [0.15, 0.2) is 0 Å². The van der Waals surface area contributed by atoms with Crippen LogP contribution in [0.5, 0.6) is 5.75 Å². The van der Waals surface area contributed by atoms with Crippen LogP contribution in [-0.2, 0) is 6.61 Å². The number of nitrogens with one attached hydrogen (secondary N) is 1. The van der Waals surface area contributed by atoms with Crippen molar-refractivity contribution in [1.29, 1.82) is 0 Å². The van der Waals surface area contributed by atoms with Crippen molar-refractivity contribution >= 4 is 45.9 Å². The fourth-order valence-corrected chi connectivity index (χ4v) is 3.19. The second-order valence-corrected chi connectivity index (χ2v) is 6.89. The zero-order valence-corrected chi connectivity index (χ0v) is 15.7. The van der Waals surface area contributed by atoms with Crippen molar-refractivity contribution in [3.05, 3.63) is 74.7 Å². The van der Waals surface area contributed by atoms with E-state index in [1.165, 1.54) is 11.3 Å². The van der Waals surface area contributed by atoms with Crippen molar-refractivity contribution in [3.8, 4) is 5.75 Å². The summed E-state index contributed by atoms with van der Waals surface area (Å²) in [6.45, 7) is 2.26. The quantitative estimate of drug-likeness (QED) is 0.427. The molecule has 0 spiro atoms. The predicted molar refractivity (Wildman–Crippen MR) is 105 cm³/mol. The van der Waals surface area contributed by atoms with Gasteiger partial charge in [-0.3, -0.25) is 5.43 Å². The fraction of sp³-hybridized carbons (Fsp3) is 0.111. The van der Waals surface area contributed by atoms with E-state index < -0.39 is 0 Å². The Kier molecular flexibility index (Phi) is 5.91. The van der Waals surface area contributed by atoms with E-state index in [-0.39, 0.29) is 0 Å². The molecule has 2 aromatic carbocycles. The van der Waals surface area contributed by atoms with Crippen LogP contribution < -0.4 is 10.2 Å². The molecule has 0 atom stereocenters. The van der Waals surface area contributed by atoms with Crippen molar-refractivity contribution in [2.24, 2.45) is 5.10 Å². The summed E-state index contributed by atoms with van der Waals surface area (Å²) in [5.41, 5.74) is 5.60. The van der Waals surface area contributed by atoms with Crippen LogP contribution in [-0.4, -0.2) is 11.2 Å². The number of halogens is 2. The zero-order chi connectivity index (χ0) is 17.6. The number of anilines is 1. The first-order chi connectivity index (χ1) is 12.1. The van der Waals surface area contributed by atoms with Gasteiger partial charge < -0.3 is 4.74 Å². The number of aromatic nitrogens is 1. The van der Waals surface area contributed by atoms with E-state index in [2.05, 4.69) is 15.5 Å². The molecule has 25 heavy (non-hydrogen) atoms. The molecule has 128 valence electrons. The number of nitrogens with zero attached hydrogens (tertiary/aromatic N) is 2. The number of hydrogen-bond donors (Lipinski definition) is 1. The van der Waals surface area contributed by atoms with Gasteiger partial charge >= 0.3 is 0 Å². The number of ether oxygens (including phenoxy) is 1. The Hall–Kier alpha value is -2.08. The van der Waals surface area contributed by atoms with Crippen molar-refractivity contribution in [2.75, 3.05) is 5.43 Å². The molecular weight excluding hydrogens is 377 g/mol. The summed E-state index contributed by atoms with van der Waals surface area (Å²) in [7, 11) is 0. The van der Waals surface area contributed by atoms with Crippen LogP contribution in [0.15, 0.2) is 52.9 Å². The smallest absolute Gasteiger partial charge is 0.203 e. The highest BCUT2D eigenvalue weighted by molar-refractivity contribution is 7.13. The Bertz CT molecular complexity index is 858. The first-order valence-corrected chi connectivity index (χ1v) is 9.12. The first kappa shape index (κ1) is 17.7. The van der Waals surface area contributed by atoms with E-state index in [1.807, 2.05) is 42.6 Å². The van der Waals surface area contributed by atoms with Crippen molar-refractivity contribution in [1.82, 2.24) is 4.98 Å². The lowest BCUT2D eigenvalue weighted by Crippen LogP contribution is -1.97. The highest BCUT2D eigenvalue weighted by Gasteiger charge is 2.06. The molecular formula is C18H15Cl2N3OS. The zero-order valence-electron chi connectivity index (χ0n) is 13.4. The molecule has 0 saturated heterocycles. The van der Waals surface area contributed by atoms with E-state index in [9.17, 15) is 0 Å². The van der Waals surface area contributed by atoms with Gasteiger partial charge in [0.1, 0.15) is 12.4 Å². The largest absolute Gasteiger partial charge is 0.489 e. The number of thiazole rings is 1. The summed E-state index contributed by atoms with van der Waals surface area (Å²) in [6, 6.07) is 13.0. The third kappa shape index (κ3) is 4.95. The first-order valence-electron chi connectivity index (χ1n) is 7.49. The Balaban J connectivity index is 1.57. The van der Waals surface area contributed by atoms with Crippen LogP contribution in [0.4, 0.5) is 5.13 Å². The lowest BCUT2D eigenvalue weighted by Gasteiger charge is -2.09. The average Bonchev–Trinajstić information content (AvgIpc) is 3.01. The fourth-order valence-electron chi connectivity index (χ4n) is 2.04. The van der Waals surface area contributed by atoms with E-state index >= 15 is 0 Å². The monoisotopic (exact) mass is 391 g/mol. The molecule has 1 heterocycles. The van der Waals surface area contributed by atoms with Crippen LogP contribution >= 0.6 is 34.5 Å². The summed E-state index contributed by atoms with van der Waals surface area (Å²) >= 11 is 13.8. The van der Waals surface area contributed by atoms with Crippen LogP contribution in [0.25, 0.3) is 0 Å². The second-order valence-electron chi connectivity index (χ2n) is 5.22. The van der Waals surface area contributed by atoms with Crippen molar-refractivity contribution in [2.45, 2.75) is 13.5 Å². The van der Waals surface area contributed by atoms with Gasteiger partial charge in [0.25, 0.3) is 0 Å². The van der Waals surface area contributed by atoms with Crippen LogP contribution in [0.3, 0.4) is 0 Å². The molecule has 4 nitrogen and oxygen atoms in total. The lowest BCUT2D eigenvalue weighted by molar-refractivity contribution is 0.306. The standard InChI is InChI=1S/C18H15Cl2N3OS/c1-12-11-25-18(22-12)23-21-9-13-5-7-14(8-6-13)24-10-15-16(19)3-2-4-17(15)20/h2-9,11H,10H2,1H3,(H,22,23). The van der Waals surface area contributed by atoms with Crippen LogP contribution in [0.1, 0.15) is 16.8 Å². The van der Waals surface area contributed by atoms with Crippen molar-refractivity contribution in [3.63, 3.8) is 0 Å². The topological polar surface area (TPSA) is 46.5 Å². The average molecular weight is 392 g/mol. The summed E-state index contributed by atoms with van der Waals surface area (Å²) in [5, 5.41) is 8.10. The molecule has 0 fully saturated rings. The number of aryl methyl sites for hydroxylation is 1. The maximum absolute atomic E-state index is 6.14. The van der Waals surface area contributed by atoms with Gasteiger partial charge in [-0.2, -0.15) is 5.10 Å². The van der Waals surface area contributed by atoms with E-state index in [0.29, 0.717) is 16.7 Å². The summed E-state index contributed by atoms with van der Waals surface area (Å²) in [5.74, 6) is 0.733. The molecule has 7 heteroatoms. The molecule has 3 aromatic rings. The molecule has 0 radical (unpaired) electrons. The Labute approximate surface area is 160 Å². The van der Waals surface area contributed by atoms with E-state index in [4.69, 9.17) is 27.9 Å². The molecule has 0 saturated carbocycles. The van der Waals surface area contributed by atoms with Crippen LogP contribution in [0.2, 0.25) is 10.0 Å². The van der Waals surface area contributed by atoms with Gasteiger partial charge in [0, 0.05) is 21.0 Å². The molecule has 0 aliphatic heterocycles. The van der Waals surface area contributed by atoms with Gasteiger partial charge in [0.05, 0.1) is 11.9 Å². The maximum atomic E-state index is 6.14. The highest BCUT2D eigenvalue weighted by atomic mass is 35.5. The van der Waals surface area contributed by atoms with Gasteiger partial charge in [-0.25, -0.2) is 4.98 Å². The lowest BCUT2D eigenvalue weighted by atomic mass is 10.2. The number of hydrogen-bond acceptors (Lipinski definition) is 5. The van der Waals surface area contributed by atoms with Gasteiger partial charge in [0.2, 0.25) is 5.13 Å². The minimum absolute atomic E-state index is 0.316. The molecule has 1 N–H and O–H groups in total. The third-order valence-corrected chi connectivity index (χ3v) is 4.89. The van der Waals surface area contributed by atoms with Crippen molar-refractivity contribution < 1.29 is 4.74 Å². The van der Waals surface area contributed by atoms with E-state index in [1.54, 1.807) is 18.3 Å². The number of hydrazone groups is 1. The normalized spacial score (nSPS) is 11.0. The highest BCUT2D eigenvalue weighted by Crippen LogP contribution is 2.25. The number of benzene rings is 2.